The van der Waals surface area contributed by atoms with Crippen LogP contribution in [0.2, 0.25) is 0 Å². The molecule has 0 amide bonds. The van der Waals surface area contributed by atoms with Crippen LogP contribution in [0.5, 0.6) is 0 Å². The van der Waals surface area contributed by atoms with E-state index in [2.05, 4.69) is 54.8 Å². The molecule has 0 aromatic carbocycles. The van der Waals surface area contributed by atoms with Crippen LogP contribution in [-0.4, -0.2) is 67.9 Å². The molecule has 0 spiro atoms. The summed E-state index contributed by atoms with van der Waals surface area (Å²) in [5, 5.41) is 0. The number of rotatable bonds is 13. The number of nitrogens with zero attached hydrogens (tertiary/aromatic N) is 2. The summed E-state index contributed by atoms with van der Waals surface area (Å²) in [5.41, 5.74) is 0. The predicted molar refractivity (Wildman–Crippen MR) is 109 cm³/mol. The maximum absolute atomic E-state index is 9.73. The van der Waals surface area contributed by atoms with Gasteiger partial charge in [-0.05, 0) is 40.5 Å². The fraction of sp³-hybridized carbons (Fsp3) is 1.00. The largest absolute Gasteiger partial charge is 0.726 e. The van der Waals surface area contributed by atoms with Crippen LogP contribution in [0.25, 0.3) is 0 Å². The van der Waals surface area contributed by atoms with E-state index in [1.165, 1.54) is 45.2 Å². The molecule has 0 aliphatic carbocycles. The average molecular weight is 401 g/mol. The summed E-state index contributed by atoms with van der Waals surface area (Å²) in [5.74, 6) is 0. The Kier molecular flexibility index (Phi) is 16.8. The first-order valence-corrected chi connectivity index (χ1v) is 13.3. The molecular weight excluding hydrogens is 359 g/mol. The Bertz CT molecular complexity index is 387. The maximum Gasteiger partial charge on any atom is 0.217 e. The minimum atomic E-state index is -4.45. The Labute approximate surface area is 157 Å². The van der Waals surface area contributed by atoms with Crippen molar-refractivity contribution in [2.45, 2.75) is 67.2 Å². The van der Waals surface area contributed by atoms with Crippen molar-refractivity contribution >= 4 is 18.0 Å². The molecule has 0 atom stereocenters. The minimum absolute atomic E-state index is 0.00231. The highest BCUT2D eigenvalue weighted by molar-refractivity contribution is 7.80. The molecule has 0 N–H and O–H groups in total. The Morgan fingerprint density at radius 3 is 1.52 bits per heavy atom. The lowest BCUT2D eigenvalue weighted by Gasteiger charge is -2.39. The van der Waals surface area contributed by atoms with Crippen molar-refractivity contribution in [2.24, 2.45) is 0 Å². The van der Waals surface area contributed by atoms with E-state index in [-0.39, 0.29) is 6.61 Å². The van der Waals surface area contributed by atoms with Gasteiger partial charge in [-0.2, -0.15) is 9.34 Å². The minimum Gasteiger partial charge on any atom is -0.726 e. The Hall–Kier alpha value is 0.220. The van der Waals surface area contributed by atoms with Crippen LogP contribution in [0.4, 0.5) is 0 Å². The highest BCUT2D eigenvalue weighted by Gasteiger charge is 2.42. The van der Waals surface area contributed by atoms with E-state index >= 15 is 0 Å². The molecule has 154 valence electrons. The molecule has 8 heteroatoms. The highest BCUT2D eigenvalue weighted by atomic mass is 32.3. The van der Waals surface area contributed by atoms with Crippen molar-refractivity contribution in [3.63, 3.8) is 0 Å². The molecule has 6 nitrogen and oxygen atoms in total. The van der Waals surface area contributed by atoms with Gasteiger partial charge < -0.3 is 4.55 Å². The van der Waals surface area contributed by atoms with Crippen LogP contribution >= 0.6 is 7.56 Å². The van der Waals surface area contributed by atoms with E-state index in [1.807, 2.05) is 6.92 Å². The van der Waals surface area contributed by atoms with Crippen LogP contribution in [0, 0.1) is 0 Å². The number of hydrogen-bond acceptors (Lipinski definition) is 6. The molecule has 0 radical (unpaired) electrons. The second kappa shape index (κ2) is 15.3. The van der Waals surface area contributed by atoms with E-state index < -0.39 is 18.0 Å². The lowest BCUT2D eigenvalue weighted by Crippen LogP contribution is -2.37. The molecular formula is C17H41N2O4PS. The molecule has 0 aromatic heterocycles. The molecule has 0 bridgehead atoms. The maximum atomic E-state index is 9.73. The summed E-state index contributed by atoms with van der Waals surface area (Å²) in [6.45, 7) is 20.7. The molecule has 0 rings (SSSR count). The monoisotopic (exact) mass is 400 g/mol. The second-order valence-corrected chi connectivity index (χ2v) is 10.8. The van der Waals surface area contributed by atoms with Crippen LogP contribution in [0.1, 0.15) is 67.2 Å². The standard InChI is InChI=1S/C13H32N2P.C4H10O4S/c1-7-12-13-16(6,14(8-2)9-3)15(10-4)11-5;1-2-3-4-8-9(5,6)7/h7-13H2,1-6H3;2-4H2,1H3,(H,5,6,7)/q+1;/p-1. The normalized spacial score (nSPS) is 12.4. The fourth-order valence-electron chi connectivity index (χ4n) is 2.89. The second-order valence-electron chi connectivity index (χ2n) is 6.03. The average Bonchev–Trinajstić information content (AvgIpc) is 2.55. The molecule has 0 aliphatic rings. The third kappa shape index (κ3) is 12.3. The van der Waals surface area contributed by atoms with Gasteiger partial charge in [-0.3, -0.25) is 4.18 Å². The molecule has 0 aromatic rings. The predicted octanol–water partition coefficient (Wildman–Crippen LogP) is 4.21. The molecule has 0 aliphatic heterocycles. The molecule has 0 unspecified atom stereocenters. The summed E-state index contributed by atoms with van der Waals surface area (Å²) >= 11 is 0. The van der Waals surface area contributed by atoms with E-state index in [4.69, 9.17) is 0 Å². The SMILES string of the molecule is CCCCOS(=O)(=O)[O-].CCCC[P+](C)(N(CC)CC)N(CC)CC. The van der Waals surface area contributed by atoms with Crippen molar-refractivity contribution in [1.82, 2.24) is 9.34 Å². The van der Waals surface area contributed by atoms with Gasteiger partial charge in [0, 0.05) is 26.2 Å². The highest BCUT2D eigenvalue weighted by Crippen LogP contribution is 2.61. The molecule has 0 saturated carbocycles. The fourth-order valence-corrected chi connectivity index (χ4v) is 7.49. The first kappa shape index (κ1) is 27.4. The van der Waals surface area contributed by atoms with Gasteiger partial charge >= 0.3 is 0 Å². The number of hydrogen-bond donors (Lipinski definition) is 0. The molecule has 0 heterocycles. The zero-order valence-electron chi connectivity index (χ0n) is 17.5. The van der Waals surface area contributed by atoms with E-state index in [0.29, 0.717) is 6.42 Å². The van der Waals surface area contributed by atoms with Crippen molar-refractivity contribution < 1.29 is 17.2 Å². The first-order chi connectivity index (χ1) is 11.7. The number of unbranched alkanes of at least 4 members (excludes halogenated alkanes) is 2. The molecule has 0 fully saturated rings. The van der Waals surface area contributed by atoms with E-state index in [9.17, 15) is 13.0 Å². The van der Waals surface area contributed by atoms with Crippen LogP contribution in [0.15, 0.2) is 0 Å². The topological polar surface area (TPSA) is 72.9 Å². The lowest BCUT2D eigenvalue weighted by molar-refractivity contribution is 0.257. The van der Waals surface area contributed by atoms with Gasteiger partial charge in [-0.1, -0.05) is 26.7 Å². The zero-order valence-corrected chi connectivity index (χ0v) is 19.2. The summed E-state index contributed by atoms with van der Waals surface area (Å²) in [7, 11) is -5.49. The van der Waals surface area contributed by atoms with E-state index in [1.54, 1.807) is 0 Å². The van der Waals surface area contributed by atoms with E-state index in [0.717, 1.165) is 6.42 Å². The van der Waals surface area contributed by atoms with Gasteiger partial charge in [-0.25, -0.2) is 8.42 Å². The summed E-state index contributed by atoms with van der Waals surface area (Å²) in [4.78, 5) is 0. The first-order valence-electron chi connectivity index (χ1n) is 9.63. The van der Waals surface area contributed by atoms with Crippen molar-refractivity contribution in [1.29, 1.82) is 0 Å². The Morgan fingerprint density at radius 1 is 0.840 bits per heavy atom. The Balaban J connectivity index is 0. The third-order valence-corrected chi connectivity index (χ3v) is 9.53. The van der Waals surface area contributed by atoms with Gasteiger partial charge in [0.05, 0.1) is 19.4 Å². The van der Waals surface area contributed by atoms with Gasteiger partial charge in [-0.15, -0.1) is 0 Å². The quantitative estimate of drug-likeness (QED) is 0.200. The smallest absolute Gasteiger partial charge is 0.217 e. The van der Waals surface area contributed by atoms with Crippen molar-refractivity contribution in [3.05, 3.63) is 0 Å². The Morgan fingerprint density at radius 2 is 1.24 bits per heavy atom. The lowest BCUT2D eigenvalue weighted by atomic mass is 10.4. The van der Waals surface area contributed by atoms with Gasteiger partial charge in [0.15, 0.2) is 0 Å². The summed E-state index contributed by atoms with van der Waals surface area (Å²) < 4.78 is 38.5. The van der Waals surface area contributed by atoms with Crippen LogP contribution < -0.4 is 0 Å². The van der Waals surface area contributed by atoms with Gasteiger partial charge in [0.1, 0.15) is 7.56 Å². The van der Waals surface area contributed by atoms with Crippen LogP contribution in [-0.2, 0) is 14.6 Å². The zero-order chi connectivity index (χ0) is 19.9. The summed E-state index contributed by atoms with van der Waals surface area (Å²) in [6, 6.07) is 0. The molecule has 25 heavy (non-hydrogen) atoms. The van der Waals surface area contributed by atoms with Gasteiger partial charge in [0.25, 0.3) is 0 Å². The third-order valence-electron chi connectivity index (χ3n) is 4.34. The van der Waals surface area contributed by atoms with Gasteiger partial charge in [0.2, 0.25) is 10.4 Å². The summed E-state index contributed by atoms with van der Waals surface area (Å²) in [6.07, 6.45) is 5.50. The van der Waals surface area contributed by atoms with Crippen molar-refractivity contribution in [3.8, 4) is 0 Å². The molecule has 0 saturated heterocycles. The van der Waals surface area contributed by atoms with Crippen LogP contribution in [0.3, 0.4) is 0 Å². The van der Waals surface area contributed by atoms with Crippen molar-refractivity contribution in [2.75, 3.05) is 45.6 Å².